The topological polar surface area (TPSA) is 52.0 Å². The number of ether oxygens (including phenoxy) is 1. The van der Waals surface area contributed by atoms with E-state index in [1.807, 2.05) is 42.1 Å². The Labute approximate surface area is 113 Å². The summed E-state index contributed by atoms with van der Waals surface area (Å²) in [5, 5.41) is 11.5. The first-order valence-electron chi connectivity index (χ1n) is 6.42. The normalized spacial score (nSPS) is 14.3. The number of para-hydroxylation sites is 1. The summed E-state index contributed by atoms with van der Waals surface area (Å²) in [6.07, 6.45) is 2.85. The quantitative estimate of drug-likeness (QED) is 0.862. The molecule has 2 atom stereocenters. The number of benzene rings is 1. The van der Waals surface area contributed by atoms with E-state index >= 15 is 0 Å². The number of nitrogens with one attached hydrogen (secondary N) is 1. The molecular weight excluding hydrogens is 240 g/mol. The van der Waals surface area contributed by atoms with Crippen LogP contribution in [0.2, 0.25) is 0 Å². The molecule has 0 saturated carbocycles. The second kappa shape index (κ2) is 6.45. The maximum atomic E-state index is 5.34. The lowest BCUT2D eigenvalue weighted by Gasteiger charge is -2.20. The summed E-state index contributed by atoms with van der Waals surface area (Å²) in [5.41, 5.74) is 2.05. The average molecular weight is 260 g/mol. The lowest BCUT2D eigenvalue weighted by molar-refractivity contribution is 0.101. The van der Waals surface area contributed by atoms with Crippen LogP contribution >= 0.6 is 0 Å². The van der Waals surface area contributed by atoms with Crippen LogP contribution in [0.25, 0.3) is 5.69 Å². The van der Waals surface area contributed by atoms with Gasteiger partial charge in [-0.05, 0) is 32.5 Å². The molecule has 1 N–H and O–H groups in total. The molecule has 0 saturated heterocycles. The van der Waals surface area contributed by atoms with Crippen LogP contribution < -0.4 is 5.32 Å². The number of hydrogen-bond donors (Lipinski definition) is 1. The molecule has 2 aromatic rings. The van der Waals surface area contributed by atoms with Gasteiger partial charge in [0, 0.05) is 7.11 Å². The molecule has 0 aliphatic carbocycles. The van der Waals surface area contributed by atoms with E-state index in [0.29, 0.717) is 0 Å². The minimum atomic E-state index is 0.158. The Morgan fingerprint density at radius 1 is 1.32 bits per heavy atom. The predicted octanol–water partition coefficient (Wildman–Crippen LogP) is 1.95. The summed E-state index contributed by atoms with van der Waals surface area (Å²) in [6, 6.07) is 10.2. The Balaban J connectivity index is 2.27. The van der Waals surface area contributed by atoms with Crippen molar-refractivity contribution in [3.05, 3.63) is 42.2 Å². The number of rotatable bonds is 6. The fourth-order valence-electron chi connectivity index (χ4n) is 2.07. The van der Waals surface area contributed by atoms with Gasteiger partial charge in [0.2, 0.25) is 0 Å². The first-order chi connectivity index (χ1) is 9.26. The monoisotopic (exact) mass is 260 g/mol. The highest BCUT2D eigenvalue weighted by Crippen LogP contribution is 2.20. The molecule has 0 spiro atoms. The zero-order valence-corrected chi connectivity index (χ0v) is 11.6. The average Bonchev–Trinajstić information content (AvgIpc) is 2.94. The Kier molecular flexibility index (Phi) is 4.65. The van der Waals surface area contributed by atoms with Crippen LogP contribution in [-0.2, 0) is 4.74 Å². The second-order valence-corrected chi connectivity index (χ2v) is 4.53. The van der Waals surface area contributed by atoms with Crippen molar-refractivity contribution in [2.45, 2.75) is 25.5 Å². The fraction of sp³-hybridized carbons (Fsp3) is 0.429. The van der Waals surface area contributed by atoms with Crippen LogP contribution in [0.3, 0.4) is 0 Å². The molecule has 0 aliphatic heterocycles. The lowest BCUT2D eigenvalue weighted by Crippen LogP contribution is -2.24. The summed E-state index contributed by atoms with van der Waals surface area (Å²) < 4.78 is 7.20. The molecule has 0 fully saturated rings. The minimum absolute atomic E-state index is 0.158. The van der Waals surface area contributed by atoms with Gasteiger partial charge in [0.1, 0.15) is 0 Å². The van der Waals surface area contributed by atoms with Gasteiger partial charge in [0.05, 0.1) is 29.7 Å². The highest BCUT2D eigenvalue weighted by molar-refractivity contribution is 5.32. The largest absolute Gasteiger partial charge is 0.382 e. The molecule has 2 rings (SSSR count). The Morgan fingerprint density at radius 2 is 2.05 bits per heavy atom. The maximum Gasteiger partial charge on any atom is 0.0816 e. The van der Waals surface area contributed by atoms with Gasteiger partial charge in [-0.3, -0.25) is 0 Å². The zero-order valence-electron chi connectivity index (χ0n) is 11.6. The lowest BCUT2D eigenvalue weighted by atomic mass is 10.1. The van der Waals surface area contributed by atoms with Crippen molar-refractivity contribution in [3.8, 4) is 5.69 Å². The molecule has 0 aliphatic rings. The zero-order chi connectivity index (χ0) is 13.7. The maximum absolute atomic E-state index is 5.34. The summed E-state index contributed by atoms with van der Waals surface area (Å²) in [6.45, 7) is 2.06. The molecule has 19 heavy (non-hydrogen) atoms. The molecule has 0 radical (unpaired) electrons. The molecule has 1 aromatic heterocycles. The van der Waals surface area contributed by atoms with Crippen molar-refractivity contribution in [2.75, 3.05) is 14.2 Å². The molecule has 5 heteroatoms. The third kappa shape index (κ3) is 3.19. The van der Waals surface area contributed by atoms with E-state index in [4.69, 9.17) is 4.74 Å². The van der Waals surface area contributed by atoms with E-state index in [1.165, 1.54) is 0 Å². The van der Waals surface area contributed by atoms with Gasteiger partial charge in [-0.25, -0.2) is 4.68 Å². The number of methoxy groups -OCH3 is 1. The van der Waals surface area contributed by atoms with Crippen LogP contribution in [-0.4, -0.2) is 35.3 Å². The van der Waals surface area contributed by atoms with E-state index in [2.05, 4.69) is 22.6 Å². The third-order valence-electron chi connectivity index (χ3n) is 3.25. The molecule has 102 valence electrons. The Morgan fingerprint density at radius 3 is 2.68 bits per heavy atom. The van der Waals surface area contributed by atoms with Crippen molar-refractivity contribution < 1.29 is 4.74 Å². The fourth-order valence-corrected chi connectivity index (χ4v) is 2.07. The van der Waals surface area contributed by atoms with Gasteiger partial charge in [-0.15, -0.1) is 5.10 Å². The van der Waals surface area contributed by atoms with Crippen molar-refractivity contribution in [1.29, 1.82) is 0 Å². The highest BCUT2D eigenvalue weighted by Gasteiger charge is 2.18. The molecule has 1 aromatic carbocycles. The molecule has 2 unspecified atom stereocenters. The molecule has 1 heterocycles. The van der Waals surface area contributed by atoms with Crippen LogP contribution in [0.4, 0.5) is 0 Å². The van der Waals surface area contributed by atoms with E-state index < -0.39 is 0 Å². The van der Waals surface area contributed by atoms with E-state index in [-0.39, 0.29) is 12.1 Å². The minimum Gasteiger partial charge on any atom is -0.382 e. The van der Waals surface area contributed by atoms with Gasteiger partial charge in [-0.2, -0.15) is 0 Å². The van der Waals surface area contributed by atoms with Crippen LogP contribution in [0.5, 0.6) is 0 Å². The van der Waals surface area contributed by atoms with Gasteiger partial charge in [-0.1, -0.05) is 23.4 Å². The number of aromatic nitrogens is 3. The molecular formula is C14H20N4O. The molecule has 5 nitrogen and oxygen atoms in total. The van der Waals surface area contributed by atoms with E-state index in [0.717, 1.165) is 17.8 Å². The van der Waals surface area contributed by atoms with E-state index in [1.54, 1.807) is 13.3 Å². The molecule has 0 amide bonds. The van der Waals surface area contributed by atoms with Crippen molar-refractivity contribution >= 4 is 0 Å². The van der Waals surface area contributed by atoms with Crippen molar-refractivity contribution in [3.63, 3.8) is 0 Å². The van der Waals surface area contributed by atoms with Crippen LogP contribution in [0.15, 0.2) is 36.5 Å². The Bertz CT molecular complexity index is 497. The standard InChI is InChI=1S/C14H20N4O/c1-11(19-3)9-13(15-2)14-10-16-17-18(14)12-7-5-4-6-8-12/h4-8,10-11,13,15H,9H2,1-3H3. The van der Waals surface area contributed by atoms with Gasteiger partial charge < -0.3 is 10.1 Å². The SMILES string of the molecule is CNC(CC(C)OC)c1cnnn1-c1ccccc1. The number of hydrogen-bond acceptors (Lipinski definition) is 4. The first-order valence-corrected chi connectivity index (χ1v) is 6.42. The predicted molar refractivity (Wildman–Crippen MR) is 74.2 cm³/mol. The summed E-state index contributed by atoms with van der Waals surface area (Å²) >= 11 is 0. The first kappa shape index (κ1) is 13.7. The van der Waals surface area contributed by atoms with E-state index in [9.17, 15) is 0 Å². The summed E-state index contributed by atoms with van der Waals surface area (Å²) in [4.78, 5) is 0. The smallest absolute Gasteiger partial charge is 0.0816 e. The van der Waals surface area contributed by atoms with Crippen molar-refractivity contribution in [1.82, 2.24) is 20.3 Å². The highest BCUT2D eigenvalue weighted by atomic mass is 16.5. The number of nitrogens with zero attached hydrogens (tertiary/aromatic N) is 3. The van der Waals surface area contributed by atoms with Gasteiger partial charge in [0.25, 0.3) is 0 Å². The van der Waals surface area contributed by atoms with Crippen LogP contribution in [0.1, 0.15) is 25.1 Å². The summed E-state index contributed by atoms with van der Waals surface area (Å²) in [7, 11) is 3.67. The molecule has 0 bridgehead atoms. The van der Waals surface area contributed by atoms with Crippen molar-refractivity contribution in [2.24, 2.45) is 0 Å². The third-order valence-corrected chi connectivity index (χ3v) is 3.25. The van der Waals surface area contributed by atoms with Gasteiger partial charge in [0.15, 0.2) is 0 Å². The second-order valence-electron chi connectivity index (χ2n) is 4.53. The van der Waals surface area contributed by atoms with Gasteiger partial charge >= 0.3 is 0 Å². The Hall–Kier alpha value is -1.72. The van der Waals surface area contributed by atoms with Crippen LogP contribution in [0, 0.1) is 0 Å². The summed E-state index contributed by atoms with van der Waals surface area (Å²) in [5.74, 6) is 0.